The molecular formula is C21H27N3O4S. The van der Waals surface area contributed by atoms with E-state index in [1.807, 2.05) is 24.3 Å². The summed E-state index contributed by atoms with van der Waals surface area (Å²) in [4.78, 5) is 14.9. The summed E-state index contributed by atoms with van der Waals surface area (Å²) in [6.45, 7) is 7.51. The number of sulfonamides is 1. The van der Waals surface area contributed by atoms with Crippen LogP contribution in [-0.2, 0) is 14.8 Å². The van der Waals surface area contributed by atoms with Gasteiger partial charge < -0.3 is 15.0 Å². The summed E-state index contributed by atoms with van der Waals surface area (Å²) in [5, 5.41) is 2.85. The quantitative estimate of drug-likeness (QED) is 0.749. The molecular weight excluding hydrogens is 390 g/mol. The van der Waals surface area contributed by atoms with Crippen molar-refractivity contribution < 1.29 is 17.9 Å². The lowest BCUT2D eigenvalue weighted by Crippen LogP contribution is -2.40. The molecule has 0 spiro atoms. The maximum Gasteiger partial charge on any atom is 0.255 e. The lowest BCUT2D eigenvalue weighted by molar-refractivity contribution is 0.0730. The molecule has 0 radical (unpaired) electrons. The van der Waals surface area contributed by atoms with Gasteiger partial charge in [-0.2, -0.15) is 4.31 Å². The summed E-state index contributed by atoms with van der Waals surface area (Å²) in [5.74, 6) is -0.282. The van der Waals surface area contributed by atoms with Gasteiger partial charge in [0.05, 0.1) is 18.1 Å². The van der Waals surface area contributed by atoms with Crippen LogP contribution < -0.4 is 10.2 Å². The van der Waals surface area contributed by atoms with Gasteiger partial charge in [-0.3, -0.25) is 4.79 Å². The highest BCUT2D eigenvalue weighted by atomic mass is 32.2. The summed E-state index contributed by atoms with van der Waals surface area (Å²) >= 11 is 0. The van der Waals surface area contributed by atoms with Crippen molar-refractivity contribution in [3.8, 4) is 0 Å². The lowest BCUT2D eigenvalue weighted by atomic mass is 10.2. The van der Waals surface area contributed by atoms with Crippen LogP contribution in [0.1, 0.15) is 24.2 Å². The zero-order valence-corrected chi connectivity index (χ0v) is 17.6. The number of nitrogens with one attached hydrogen (secondary N) is 1. The fourth-order valence-electron chi connectivity index (χ4n) is 3.26. The molecule has 0 bridgehead atoms. The third kappa shape index (κ3) is 4.95. The van der Waals surface area contributed by atoms with Crippen LogP contribution in [0.3, 0.4) is 0 Å². The van der Waals surface area contributed by atoms with Crippen molar-refractivity contribution in [3.63, 3.8) is 0 Å². The summed E-state index contributed by atoms with van der Waals surface area (Å²) in [6, 6.07) is 13.7. The number of ether oxygens (including phenoxy) is 1. The van der Waals surface area contributed by atoms with E-state index in [9.17, 15) is 13.2 Å². The fourth-order valence-corrected chi connectivity index (χ4v) is 4.67. The number of benzene rings is 2. The van der Waals surface area contributed by atoms with Gasteiger partial charge in [-0.15, -0.1) is 0 Å². The zero-order chi connectivity index (χ0) is 20.9. The maximum absolute atomic E-state index is 12.7. The average Bonchev–Trinajstić information content (AvgIpc) is 2.76. The summed E-state index contributed by atoms with van der Waals surface area (Å²) in [6.07, 6.45) is 0. The molecule has 8 heteroatoms. The first-order valence-corrected chi connectivity index (χ1v) is 11.2. The van der Waals surface area contributed by atoms with Crippen LogP contribution in [0.15, 0.2) is 53.4 Å². The Morgan fingerprint density at radius 1 is 1.00 bits per heavy atom. The first kappa shape index (κ1) is 21.3. The van der Waals surface area contributed by atoms with Crippen molar-refractivity contribution in [3.05, 3.63) is 54.1 Å². The second kappa shape index (κ2) is 9.39. The number of carbonyl (C=O) groups is 1. The minimum Gasteiger partial charge on any atom is -0.379 e. The number of morpholine rings is 1. The van der Waals surface area contributed by atoms with E-state index in [0.717, 1.165) is 18.8 Å². The molecule has 0 saturated carbocycles. The molecule has 3 rings (SSSR count). The van der Waals surface area contributed by atoms with Gasteiger partial charge in [0, 0.05) is 43.1 Å². The van der Waals surface area contributed by atoms with Gasteiger partial charge in [0.15, 0.2) is 0 Å². The number of rotatable bonds is 7. The van der Waals surface area contributed by atoms with Crippen LogP contribution in [-0.4, -0.2) is 58.0 Å². The van der Waals surface area contributed by atoms with Crippen molar-refractivity contribution in [1.82, 2.24) is 4.31 Å². The van der Waals surface area contributed by atoms with E-state index in [0.29, 0.717) is 37.6 Å². The van der Waals surface area contributed by atoms with Crippen LogP contribution in [0, 0.1) is 0 Å². The Labute approximate surface area is 172 Å². The van der Waals surface area contributed by atoms with Gasteiger partial charge in [-0.05, 0) is 62.4 Å². The molecule has 29 heavy (non-hydrogen) atoms. The molecule has 2 aromatic rings. The number of anilines is 2. The predicted molar refractivity (Wildman–Crippen MR) is 114 cm³/mol. The van der Waals surface area contributed by atoms with E-state index >= 15 is 0 Å². The molecule has 1 heterocycles. The van der Waals surface area contributed by atoms with Gasteiger partial charge in [-0.1, -0.05) is 0 Å². The third-order valence-corrected chi connectivity index (χ3v) is 6.89. The Balaban J connectivity index is 1.67. The molecule has 1 N–H and O–H groups in total. The van der Waals surface area contributed by atoms with Crippen LogP contribution in [0.4, 0.5) is 11.4 Å². The molecule has 0 aromatic heterocycles. The number of amides is 1. The fraction of sp³-hybridized carbons (Fsp3) is 0.381. The summed E-state index contributed by atoms with van der Waals surface area (Å²) < 4.78 is 31.9. The number of nitrogens with zero attached hydrogens (tertiary/aromatic N) is 2. The minimum atomic E-state index is -3.56. The zero-order valence-electron chi connectivity index (χ0n) is 16.8. The number of carbonyl (C=O) groups excluding carboxylic acids is 1. The topological polar surface area (TPSA) is 79.0 Å². The van der Waals surface area contributed by atoms with Gasteiger partial charge >= 0.3 is 0 Å². The van der Waals surface area contributed by atoms with E-state index in [2.05, 4.69) is 24.1 Å². The van der Waals surface area contributed by atoms with Crippen LogP contribution in [0.2, 0.25) is 0 Å². The van der Waals surface area contributed by atoms with Gasteiger partial charge in [0.2, 0.25) is 10.0 Å². The van der Waals surface area contributed by atoms with Gasteiger partial charge in [0.1, 0.15) is 0 Å². The van der Waals surface area contributed by atoms with Crippen molar-refractivity contribution >= 4 is 27.3 Å². The molecule has 1 aliphatic rings. The average molecular weight is 418 g/mol. The standard InChI is InChI=1S/C21H27N3O4S/c1-3-23(4-2)19-9-7-18(8-10-19)22-21(25)17-5-11-20(12-6-17)29(26,27)24-13-15-28-16-14-24/h5-12H,3-4,13-16H2,1-2H3,(H,22,25). The second-order valence-electron chi connectivity index (χ2n) is 6.71. The normalized spacial score (nSPS) is 15.1. The van der Waals surface area contributed by atoms with E-state index < -0.39 is 10.0 Å². The second-order valence-corrected chi connectivity index (χ2v) is 8.65. The van der Waals surface area contributed by atoms with Crippen LogP contribution >= 0.6 is 0 Å². The van der Waals surface area contributed by atoms with Crippen molar-refractivity contribution in [1.29, 1.82) is 0 Å². The molecule has 1 aliphatic heterocycles. The number of hydrogen-bond donors (Lipinski definition) is 1. The van der Waals surface area contributed by atoms with Crippen molar-refractivity contribution in [2.24, 2.45) is 0 Å². The Morgan fingerprint density at radius 2 is 1.59 bits per heavy atom. The van der Waals surface area contributed by atoms with Gasteiger partial charge in [-0.25, -0.2) is 8.42 Å². The Bertz CT molecular complexity index is 917. The molecule has 2 aromatic carbocycles. The van der Waals surface area contributed by atoms with E-state index in [-0.39, 0.29) is 10.8 Å². The van der Waals surface area contributed by atoms with Crippen molar-refractivity contribution in [2.75, 3.05) is 49.6 Å². The molecule has 1 saturated heterocycles. The lowest BCUT2D eigenvalue weighted by Gasteiger charge is -2.26. The van der Waals surface area contributed by atoms with E-state index in [1.54, 1.807) is 0 Å². The molecule has 0 atom stereocenters. The van der Waals surface area contributed by atoms with Gasteiger partial charge in [0.25, 0.3) is 5.91 Å². The molecule has 1 fully saturated rings. The first-order valence-electron chi connectivity index (χ1n) is 9.80. The van der Waals surface area contributed by atoms with E-state index in [1.165, 1.54) is 28.6 Å². The molecule has 0 aliphatic carbocycles. The SMILES string of the molecule is CCN(CC)c1ccc(NC(=O)c2ccc(S(=O)(=O)N3CCOCC3)cc2)cc1. The summed E-state index contributed by atoms with van der Waals surface area (Å²) in [7, 11) is -3.56. The molecule has 156 valence electrons. The Morgan fingerprint density at radius 3 is 2.14 bits per heavy atom. The first-order chi connectivity index (χ1) is 14.0. The highest BCUT2D eigenvalue weighted by Gasteiger charge is 2.26. The monoisotopic (exact) mass is 417 g/mol. The maximum atomic E-state index is 12.7. The number of hydrogen-bond acceptors (Lipinski definition) is 5. The Kier molecular flexibility index (Phi) is 6.89. The van der Waals surface area contributed by atoms with E-state index in [4.69, 9.17) is 4.74 Å². The molecule has 7 nitrogen and oxygen atoms in total. The minimum absolute atomic E-state index is 0.180. The van der Waals surface area contributed by atoms with Crippen LogP contribution in [0.5, 0.6) is 0 Å². The van der Waals surface area contributed by atoms with Crippen LogP contribution in [0.25, 0.3) is 0 Å². The molecule has 0 unspecified atom stereocenters. The highest BCUT2D eigenvalue weighted by Crippen LogP contribution is 2.20. The predicted octanol–water partition coefficient (Wildman–Crippen LogP) is 2.81. The Hall–Kier alpha value is -2.42. The largest absolute Gasteiger partial charge is 0.379 e. The highest BCUT2D eigenvalue weighted by molar-refractivity contribution is 7.89. The molecule has 1 amide bonds. The smallest absolute Gasteiger partial charge is 0.255 e. The third-order valence-electron chi connectivity index (χ3n) is 4.98. The summed E-state index contributed by atoms with van der Waals surface area (Å²) in [5.41, 5.74) is 2.19. The van der Waals surface area contributed by atoms with Crippen molar-refractivity contribution in [2.45, 2.75) is 18.7 Å².